The van der Waals surface area contributed by atoms with Crippen molar-refractivity contribution in [2.75, 3.05) is 18.0 Å². The minimum atomic E-state index is -0.455. The van der Waals surface area contributed by atoms with Gasteiger partial charge in [-0.3, -0.25) is 14.4 Å². The quantitative estimate of drug-likeness (QED) is 0.753. The zero-order chi connectivity index (χ0) is 19.3. The van der Waals surface area contributed by atoms with E-state index in [9.17, 15) is 5.11 Å². The minimum absolute atomic E-state index is 0.188. The van der Waals surface area contributed by atoms with E-state index in [4.69, 9.17) is 4.74 Å². The summed E-state index contributed by atoms with van der Waals surface area (Å²) in [6.07, 6.45) is 8.42. The number of aryl methyl sites for hydroxylation is 2. The summed E-state index contributed by atoms with van der Waals surface area (Å²) in [5.41, 5.74) is 2.71. The van der Waals surface area contributed by atoms with Crippen LogP contribution in [0.1, 0.15) is 24.2 Å². The minimum Gasteiger partial charge on any atom is -0.486 e. The second-order valence-electron chi connectivity index (χ2n) is 8.08. The lowest BCUT2D eigenvalue weighted by Crippen LogP contribution is -2.42. The number of ether oxygens (including phenoxy) is 1. The number of anilines is 1. The van der Waals surface area contributed by atoms with Crippen LogP contribution in [0.25, 0.3) is 5.65 Å². The van der Waals surface area contributed by atoms with Gasteiger partial charge in [-0.05, 0) is 50.7 Å². The van der Waals surface area contributed by atoms with Crippen LogP contribution in [0.4, 0.5) is 5.82 Å². The molecular formula is C21H25N5O2. The van der Waals surface area contributed by atoms with E-state index in [0.29, 0.717) is 11.8 Å². The van der Waals surface area contributed by atoms with Gasteiger partial charge in [0.1, 0.15) is 17.7 Å². The molecule has 1 saturated heterocycles. The molecule has 0 radical (unpaired) electrons. The van der Waals surface area contributed by atoms with Crippen molar-refractivity contribution in [3.63, 3.8) is 0 Å². The van der Waals surface area contributed by atoms with Crippen molar-refractivity contribution in [1.82, 2.24) is 19.4 Å². The average molecular weight is 379 g/mol. The van der Waals surface area contributed by atoms with Gasteiger partial charge < -0.3 is 14.7 Å². The molecule has 7 heteroatoms. The van der Waals surface area contributed by atoms with Crippen LogP contribution in [0.3, 0.4) is 0 Å². The molecule has 3 aromatic rings. The highest BCUT2D eigenvalue weighted by molar-refractivity contribution is 5.49. The number of hydrogen-bond donors (Lipinski definition) is 1. The SMILES string of the molecule is Cc1ccc(O[C@@H]2C[C@@H]3CN(c4cncc5nccn45)C[C@@H]3C[C@H]2O)c(C)n1. The van der Waals surface area contributed by atoms with Gasteiger partial charge in [-0.1, -0.05) is 0 Å². The highest BCUT2D eigenvalue weighted by Crippen LogP contribution is 2.39. The molecule has 1 aliphatic carbocycles. The summed E-state index contributed by atoms with van der Waals surface area (Å²) < 4.78 is 8.28. The Hall–Kier alpha value is -2.67. The topological polar surface area (TPSA) is 75.8 Å². The first-order valence-corrected chi connectivity index (χ1v) is 9.89. The van der Waals surface area contributed by atoms with E-state index >= 15 is 0 Å². The van der Waals surface area contributed by atoms with Crippen molar-refractivity contribution < 1.29 is 9.84 Å². The Balaban J connectivity index is 1.33. The predicted octanol–water partition coefficient (Wildman–Crippen LogP) is 2.40. The van der Waals surface area contributed by atoms with E-state index in [0.717, 1.165) is 54.5 Å². The summed E-state index contributed by atoms with van der Waals surface area (Å²) in [6.45, 7) is 5.80. The maximum Gasteiger partial charge on any atom is 0.156 e. The molecule has 1 aliphatic heterocycles. The van der Waals surface area contributed by atoms with E-state index < -0.39 is 6.10 Å². The Morgan fingerprint density at radius 3 is 2.75 bits per heavy atom. The first-order valence-electron chi connectivity index (χ1n) is 9.89. The van der Waals surface area contributed by atoms with Crippen molar-refractivity contribution in [3.8, 4) is 5.75 Å². The van der Waals surface area contributed by atoms with Gasteiger partial charge in [-0.2, -0.15) is 0 Å². The number of imidazole rings is 1. The number of rotatable bonds is 3. The molecule has 0 spiro atoms. The lowest BCUT2D eigenvalue weighted by molar-refractivity contribution is -0.0236. The molecule has 146 valence electrons. The Bertz CT molecular complexity index is 1000. The van der Waals surface area contributed by atoms with Gasteiger partial charge in [0.05, 0.1) is 24.2 Å². The Labute approximate surface area is 164 Å². The lowest BCUT2D eigenvalue weighted by atomic mass is 9.78. The van der Waals surface area contributed by atoms with Crippen LogP contribution >= 0.6 is 0 Å². The van der Waals surface area contributed by atoms with E-state index in [1.165, 1.54) is 0 Å². The first-order chi connectivity index (χ1) is 13.6. The van der Waals surface area contributed by atoms with Gasteiger partial charge in [0.15, 0.2) is 5.65 Å². The fraction of sp³-hybridized carbons (Fsp3) is 0.476. The number of hydrogen-bond acceptors (Lipinski definition) is 6. The van der Waals surface area contributed by atoms with Crippen molar-refractivity contribution in [2.45, 2.75) is 38.9 Å². The molecule has 3 aromatic heterocycles. The molecule has 0 unspecified atom stereocenters. The van der Waals surface area contributed by atoms with E-state index in [1.807, 2.05) is 38.4 Å². The monoisotopic (exact) mass is 379 g/mol. The van der Waals surface area contributed by atoms with E-state index in [2.05, 4.69) is 24.3 Å². The van der Waals surface area contributed by atoms with Crippen molar-refractivity contribution in [2.24, 2.45) is 11.8 Å². The van der Waals surface area contributed by atoms with Crippen LogP contribution in [0, 0.1) is 25.7 Å². The number of pyridine rings is 1. The number of nitrogens with zero attached hydrogens (tertiary/aromatic N) is 5. The Morgan fingerprint density at radius 2 is 1.93 bits per heavy atom. The fourth-order valence-corrected chi connectivity index (χ4v) is 4.74. The largest absolute Gasteiger partial charge is 0.486 e. The summed E-state index contributed by atoms with van der Waals surface area (Å²) in [5, 5.41) is 10.7. The van der Waals surface area contributed by atoms with Crippen LogP contribution in [0.15, 0.2) is 36.9 Å². The number of aliphatic hydroxyl groups is 1. The molecule has 2 aliphatic rings. The van der Waals surface area contributed by atoms with Crippen LogP contribution < -0.4 is 9.64 Å². The molecule has 0 bridgehead atoms. The molecule has 0 aromatic carbocycles. The fourth-order valence-electron chi connectivity index (χ4n) is 4.74. The van der Waals surface area contributed by atoms with Crippen LogP contribution in [0.2, 0.25) is 0 Å². The average Bonchev–Trinajstić information content (AvgIpc) is 3.30. The maximum atomic E-state index is 10.7. The molecule has 28 heavy (non-hydrogen) atoms. The molecule has 7 nitrogen and oxygen atoms in total. The third kappa shape index (κ3) is 2.99. The standard InChI is InChI=1S/C21H25N5O2/c1-13-3-4-18(14(2)24-13)28-19-8-16-12-25(11-15(16)7-17(19)27)21-10-22-9-20-23-5-6-26(20)21/h3-6,9-10,15-17,19,27H,7-8,11-12H2,1-2H3/t15-,16+,17+,19+/m0/s1. The maximum absolute atomic E-state index is 10.7. The summed E-state index contributed by atoms with van der Waals surface area (Å²) in [5.74, 6) is 2.79. The predicted molar refractivity (Wildman–Crippen MR) is 106 cm³/mol. The summed E-state index contributed by atoms with van der Waals surface area (Å²) >= 11 is 0. The van der Waals surface area contributed by atoms with E-state index in [1.54, 1.807) is 12.4 Å². The second kappa shape index (κ2) is 6.74. The van der Waals surface area contributed by atoms with Crippen LogP contribution in [-0.2, 0) is 0 Å². The van der Waals surface area contributed by atoms with Crippen LogP contribution in [0.5, 0.6) is 5.75 Å². The second-order valence-corrected chi connectivity index (χ2v) is 8.08. The summed E-state index contributed by atoms with van der Waals surface area (Å²) in [4.78, 5) is 15.5. The molecule has 4 atom stereocenters. The lowest BCUT2D eigenvalue weighted by Gasteiger charge is -2.35. The van der Waals surface area contributed by atoms with Crippen LogP contribution in [-0.4, -0.2) is 49.8 Å². The van der Waals surface area contributed by atoms with E-state index in [-0.39, 0.29) is 6.10 Å². The zero-order valence-corrected chi connectivity index (χ0v) is 16.2. The Morgan fingerprint density at radius 1 is 1.11 bits per heavy atom. The van der Waals surface area contributed by atoms with Crippen molar-refractivity contribution >= 4 is 11.5 Å². The first kappa shape index (κ1) is 17.4. The van der Waals surface area contributed by atoms with Gasteiger partial charge in [0, 0.05) is 31.2 Å². The molecule has 1 N–H and O–H groups in total. The van der Waals surface area contributed by atoms with Gasteiger partial charge in [-0.15, -0.1) is 0 Å². The van der Waals surface area contributed by atoms with Gasteiger partial charge in [0.2, 0.25) is 0 Å². The number of aromatic nitrogens is 4. The molecule has 4 heterocycles. The normalized spacial score (nSPS) is 27.2. The highest BCUT2D eigenvalue weighted by Gasteiger charge is 2.43. The molecule has 5 rings (SSSR count). The molecular weight excluding hydrogens is 354 g/mol. The smallest absolute Gasteiger partial charge is 0.156 e. The van der Waals surface area contributed by atoms with Crippen molar-refractivity contribution in [1.29, 1.82) is 0 Å². The van der Waals surface area contributed by atoms with Crippen molar-refractivity contribution in [3.05, 3.63) is 48.3 Å². The number of aliphatic hydroxyl groups excluding tert-OH is 1. The van der Waals surface area contributed by atoms with Gasteiger partial charge in [-0.25, -0.2) is 4.98 Å². The summed E-state index contributed by atoms with van der Waals surface area (Å²) in [6, 6.07) is 3.92. The molecule has 2 fully saturated rings. The van der Waals surface area contributed by atoms with Gasteiger partial charge >= 0.3 is 0 Å². The third-order valence-electron chi connectivity index (χ3n) is 6.16. The van der Waals surface area contributed by atoms with Gasteiger partial charge in [0.25, 0.3) is 0 Å². The summed E-state index contributed by atoms with van der Waals surface area (Å²) in [7, 11) is 0. The molecule has 1 saturated carbocycles. The molecule has 0 amide bonds. The zero-order valence-electron chi connectivity index (χ0n) is 16.2. The Kier molecular flexibility index (Phi) is 4.19. The number of fused-ring (bicyclic) bond motifs is 2. The third-order valence-corrected chi connectivity index (χ3v) is 6.16. The highest BCUT2D eigenvalue weighted by atomic mass is 16.5.